The molecule has 1 aromatic rings. The molecule has 0 bridgehead atoms. The van der Waals surface area contributed by atoms with Crippen LogP contribution in [0.4, 0.5) is 0 Å². The number of thioether (sulfide) groups is 1. The predicted octanol–water partition coefficient (Wildman–Crippen LogP) is 0.421. The van der Waals surface area contributed by atoms with E-state index < -0.39 is 0 Å². The van der Waals surface area contributed by atoms with Crippen molar-refractivity contribution in [3.8, 4) is 0 Å². The van der Waals surface area contributed by atoms with E-state index in [0.29, 0.717) is 5.75 Å². The zero-order valence-electron chi connectivity index (χ0n) is 9.38. The smallest absolute Gasteiger partial charge is 0.235 e. The van der Waals surface area contributed by atoms with Crippen LogP contribution < -0.4 is 11.1 Å². The lowest BCUT2D eigenvalue weighted by atomic mass is 10.3. The minimum Gasteiger partial charge on any atom is -0.368 e. The topological polar surface area (TPSA) is 80.9 Å². The fourth-order valence-electron chi connectivity index (χ4n) is 1.14. The third-order valence-electron chi connectivity index (χ3n) is 1.82. The van der Waals surface area contributed by atoms with E-state index in [0.717, 1.165) is 5.03 Å². The molecule has 0 saturated carbocycles. The van der Waals surface area contributed by atoms with Crippen LogP contribution in [0.25, 0.3) is 0 Å². The van der Waals surface area contributed by atoms with Gasteiger partial charge in [-0.3, -0.25) is 9.78 Å². The van der Waals surface area contributed by atoms with Gasteiger partial charge in [0.05, 0.1) is 12.2 Å². The summed E-state index contributed by atoms with van der Waals surface area (Å²) in [5.74, 6) is 0.219. The Labute approximate surface area is 99.2 Å². The summed E-state index contributed by atoms with van der Waals surface area (Å²) < 4.78 is 0. The van der Waals surface area contributed by atoms with E-state index in [9.17, 15) is 4.79 Å². The number of rotatable bonds is 6. The Morgan fingerprint density at radius 2 is 2.31 bits per heavy atom. The predicted molar refractivity (Wildman–Crippen MR) is 64.0 cm³/mol. The van der Waals surface area contributed by atoms with Crippen molar-refractivity contribution in [2.75, 3.05) is 5.75 Å². The lowest BCUT2D eigenvalue weighted by Crippen LogP contribution is -2.46. The van der Waals surface area contributed by atoms with E-state index in [1.807, 2.05) is 13.8 Å². The minimum atomic E-state index is -0.343. The zero-order valence-corrected chi connectivity index (χ0v) is 10.2. The number of amides is 1. The van der Waals surface area contributed by atoms with Gasteiger partial charge in [0, 0.05) is 24.2 Å². The number of nitrogens with two attached hydrogens (primary N) is 1. The Kier molecular flexibility index (Phi) is 5.21. The van der Waals surface area contributed by atoms with Crippen molar-refractivity contribution in [1.82, 2.24) is 15.3 Å². The highest BCUT2D eigenvalue weighted by atomic mass is 32.2. The molecule has 16 heavy (non-hydrogen) atoms. The highest BCUT2D eigenvalue weighted by molar-refractivity contribution is 7.99. The molecule has 0 spiro atoms. The standard InChI is InChI=1S/C10H16N4OS/c1-7(2)14-8(10(11)15)6-16-9-5-12-3-4-13-9/h3-5,7-8,14H,6H2,1-2H3,(H2,11,15). The SMILES string of the molecule is CC(C)NC(CSc1cnccn1)C(N)=O. The lowest BCUT2D eigenvalue weighted by molar-refractivity contribution is -0.119. The number of aromatic nitrogens is 2. The zero-order chi connectivity index (χ0) is 12.0. The molecule has 0 aromatic carbocycles. The molecule has 1 atom stereocenters. The second kappa shape index (κ2) is 6.44. The first kappa shape index (κ1) is 12.9. The Morgan fingerprint density at radius 3 is 2.81 bits per heavy atom. The van der Waals surface area contributed by atoms with Gasteiger partial charge in [-0.2, -0.15) is 0 Å². The van der Waals surface area contributed by atoms with Gasteiger partial charge < -0.3 is 11.1 Å². The molecule has 0 aliphatic rings. The molecule has 0 saturated heterocycles. The molecule has 1 aromatic heterocycles. The average molecular weight is 240 g/mol. The maximum Gasteiger partial charge on any atom is 0.235 e. The van der Waals surface area contributed by atoms with Crippen LogP contribution in [-0.2, 0) is 4.79 Å². The third-order valence-corrected chi connectivity index (χ3v) is 2.82. The number of carbonyl (C=O) groups is 1. The molecule has 6 heteroatoms. The Bertz CT molecular complexity index is 331. The average Bonchev–Trinajstić information content (AvgIpc) is 2.25. The van der Waals surface area contributed by atoms with Gasteiger partial charge in [-0.05, 0) is 0 Å². The van der Waals surface area contributed by atoms with Crippen molar-refractivity contribution < 1.29 is 4.79 Å². The van der Waals surface area contributed by atoms with Crippen molar-refractivity contribution in [1.29, 1.82) is 0 Å². The van der Waals surface area contributed by atoms with Crippen LogP contribution >= 0.6 is 11.8 Å². The van der Waals surface area contributed by atoms with E-state index in [1.54, 1.807) is 18.6 Å². The lowest BCUT2D eigenvalue weighted by Gasteiger charge is -2.17. The molecule has 1 heterocycles. The summed E-state index contributed by atoms with van der Waals surface area (Å²) in [6.45, 7) is 3.95. The van der Waals surface area contributed by atoms with E-state index >= 15 is 0 Å². The normalized spacial score (nSPS) is 12.7. The van der Waals surface area contributed by atoms with Gasteiger partial charge in [0.15, 0.2) is 0 Å². The van der Waals surface area contributed by atoms with Crippen molar-refractivity contribution >= 4 is 17.7 Å². The van der Waals surface area contributed by atoms with Gasteiger partial charge in [-0.15, -0.1) is 11.8 Å². The molecule has 1 rings (SSSR count). The maximum absolute atomic E-state index is 11.2. The van der Waals surface area contributed by atoms with Crippen LogP contribution in [0.3, 0.4) is 0 Å². The molecule has 88 valence electrons. The van der Waals surface area contributed by atoms with Crippen molar-refractivity contribution in [3.63, 3.8) is 0 Å². The fraction of sp³-hybridized carbons (Fsp3) is 0.500. The summed E-state index contributed by atoms with van der Waals surface area (Å²) in [6, 6.07) is -0.119. The molecule has 0 aliphatic carbocycles. The minimum absolute atomic E-state index is 0.222. The monoisotopic (exact) mass is 240 g/mol. The summed E-state index contributed by atoms with van der Waals surface area (Å²) in [6.07, 6.45) is 4.90. The second-order valence-electron chi connectivity index (χ2n) is 3.63. The van der Waals surface area contributed by atoms with Crippen LogP contribution in [0.2, 0.25) is 0 Å². The first-order valence-electron chi connectivity index (χ1n) is 5.03. The van der Waals surface area contributed by atoms with Gasteiger partial charge in [0.2, 0.25) is 5.91 Å². The van der Waals surface area contributed by atoms with Gasteiger partial charge in [0.25, 0.3) is 0 Å². The number of hydrogen-bond donors (Lipinski definition) is 2. The van der Waals surface area contributed by atoms with Gasteiger partial charge in [-0.1, -0.05) is 13.8 Å². The van der Waals surface area contributed by atoms with Crippen molar-refractivity contribution in [3.05, 3.63) is 18.6 Å². The molecule has 0 fully saturated rings. The maximum atomic E-state index is 11.2. The Morgan fingerprint density at radius 1 is 1.56 bits per heavy atom. The molecule has 5 nitrogen and oxygen atoms in total. The second-order valence-corrected chi connectivity index (χ2v) is 4.67. The van der Waals surface area contributed by atoms with Crippen LogP contribution in [0.5, 0.6) is 0 Å². The van der Waals surface area contributed by atoms with Crippen molar-refractivity contribution in [2.45, 2.75) is 31.0 Å². The van der Waals surface area contributed by atoms with Gasteiger partial charge in [-0.25, -0.2) is 4.98 Å². The van der Waals surface area contributed by atoms with E-state index in [4.69, 9.17) is 5.73 Å². The first-order chi connectivity index (χ1) is 7.59. The molecule has 1 unspecified atom stereocenters. The Balaban J connectivity index is 2.47. The highest BCUT2D eigenvalue weighted by Gasteiger charge is 2.16. The quantitative estimate of drug-likeness (QED) is 0.704. The molecular formula is C10H16N4OS. The number of nitrogens with zero attached hydrogens (tertiary/aromatic N) is 2. The summed E-state index contributed by atoms with van der Waals surface area (Å²) in [7, 11) is 0. The first-order valence-corrected chi connectivity index (χ1v) is 6.02. The van der Waals surface area contributed by atoms with Crippen LogP contribution in [0.15, 0.2) is 23.6 Å². The summed E-state index contributed by atoms with van der Waals surface area (Å²) >= 11 is 1.46. The molecular weight excluding hydrogens is 224 g/mol. The summed E-state index contributed by atoms with van der Waals surface area (Å²) in [5.41, 5.74) is 5.30. The molecule has 3 N–H and O–H groups in total. The van der Waals surface area contributed by atoms with E-state index in [-0.39, 0.29) is 18.0 Å². The van der Waals surface area contributed by atoms with E-state index in [1.165, 1.54) is 11.8 Å². The van der Waals surface area contributed by atoms with Gasteiger partial charge in [0.1, 0.15) is 5.03 Å². The van der Waals surface area contributed by atoms with Crippen LogP contribution in [-0.4, -0.2) is 33.7 Å². The van der Waals surface area contributed by atoms with Crippen LogP contribution in [0.1, 0.15) is 13.8 Å². The number of carbonyl (C=O) groups excluding carboxylic acids is 1. The molecule has 0 aliphatic heterocycles. The van der Waals surface area contributed by atoms with E-state index in [2.05, 4.69) is 15.3 Å². The number of hydrogen-bond acceptors (Lipinski definition) is 5. The van der Waals surface area contributed by atoms with Crippen molar-refractivity contribution in [2.24, 2.45) is 5.73 Å². The summed E-state index contributed by atoms with van der Waals surface area (Å²) in [5, 5.41) is 3.90. The number of primary amides is 1. The summed E-state index contributed by atoms with van der Waals surface area (Å²) in [4.78, 5) is 19.2. The fourth-order valence-corrected chi connectivity index (χ4v) is 2.01. The van der Waals surface area contributed by atoms with Crippen LogP contribution in [0, 0.1) is 0 Å². The molecule has 0 radical (unpaired) electrons. The third kappa shape index (κ3) is 4.59. The number of nitrogens with one attached hydrogen (secondary N) is 1. The van der Waals surface area contributed by atoms with Gasteiger partial charge >= 0.3 is 0 Å². The largest absolute Gasteiger partial charge is 0.368 e. The Hall–Kier alpha value is -1.14. The highest BCUT2D eigenvalue weighted by Crippen LogP contribution is 2.14. The molecule has 1 amide bonds.